The van der Waals surface area contributed by atoms with E-state index in [2.05, 4.69) is 20.2 Å². The van der Waals surface area contributed by atoms with E-state index in [-0.39, 0.29) is 30.7 Å². The lowest BCUT2D eigenvalue weighted by Crippen LogP contribution is -2.52. The lowest BCUT2D eigenvalue weighted by Gasteiger charge is -2.38. The zero-order valence-corrected chi connectivity index (χ0v) is 16.6. The number of morpholine rings is 1. The molecule has 0 bridgehead atoms. The molecule has 3 aliphatic rings. The van der Waals surface area contributed by atoms with Gasteiger partial charge in [-0.3, -0.25) is 14.4 Å². The van der Waals surface area contributed by atoms with E-state index < -0.39 is 11.5 Å². The minimum Gasteiger partial charge on any atom is -0.365 e. The SMILES string of the molecule is O=C(NCC1CN(CC2CCN(CC3CC3)CC2)C(=O)CO1)c1cnc[nH]c1=O. The van der Waals surface area contributed by atoms with Crippen LogP contribution in [0.4, 0.5) is 0 Å². The number of carbonyl (C=O) groups is 2. The van der Waals surface area contributed by atoms with Crippen LogP contribution in [0.25, 0.3) is 0 Å². The fourth-order valence-electron chi connectivity index (χ4n) is 4.12. The summed E-state index contributed by atoms with van der Waals surface area (Å²) in [7, 11) is 0. The number of rotatable bonds is 7. The molecule has 158 valence electrons. The maximum Gasteiger partial charge on any atom is 0.263 e. The molecule has 1 aliphatic carbocycles. The molecule has 2 N–H and O–H groups in total. The number of nitrogens with zero attached hydrogens (tertiary/aromatic N) is 3. The topological polar surface area (TPSA) is 108 Å². The third-order valence-electron chi connectivity index (χ3n) is 6.07. The van der Waals surface area contributed by atoms with Crippen molar-refractivity contribution >= 4 is 11.8 Å². The zero-order valence-electron chi connectivity index (χ0n) is 16.6. The first-order chi connectivity index (χ1) is 14.1. The van der Waals surface area contributed by atoms with Gasteiger partial charge in [-0.15, -0.1) is 0 Å². The van der Waals surface area contributed by atoms with Gasteiger partial charge in [0.2, 0.25) is 5.91 Å². The molecule has 1 aromatic heterocycles. The fourth-order valence-corrected chi connectivity index (χ4v) is 4.12. The number of ether oxygens (including phenoxy) is 1. The van der Waals surface area contributed by atoms with Crippen LogP contribution in [0, 0.1) is 11.8 Å². The number of aromatic amines is 1. The van der Waals surface area contributed by atoms with Crippen molar-refractivity contribution in [2.24, 2.45) is 11.8 Å². The van der Waals surface area contributed by atoms with Gasteiger partial charge in [-0.25, -0.2) is 4.98 Å². The van der Waals surface area contributed by atoms with Gasteiger partial charge in [-0.05, 0) is 50.6 Å². The summed E-state index contributed by atoms with van der Waals surface area (Å²) in [6.45, 7) is 4.99. The highest BCUT2D eigenvalue weighted by Crippen LogP contribution is 2.31. The number of hydrogen-bond acceptors (Lipinski definition) is 6. The summed E-state index contributed by atoms with van der Waals surface area (Å²) < 4.78 is 5.58. The normalized spacial score (nSPS) is 23.9. The Morgan fingerprint density at radius 2 is 1.93 bits per heavy atom. The Hall–Kier alpha value is -2.26. The van der Waals surface area contributed by atoms with Crippen LogP contribution >= 0.6 is 0 Å². The molecule has 3 heterocycles. The molecule has 9 nitrogen and oxygen atoms in total. The maximum atomic E-state index is 12.3. The standard InChI is InChI=1S/C20H29N5O4/c26-18-12-29-16(7-22-19(27)17-8-21-13-23-20(17)28)11-25(18)10-15-3-5-24(6-4-15)9-14-1-2-14/h8,13-16H,1-7,9-12H2,(H,22,27)(H,21,23,28). The van der Waals surface area contributed by atoms with Gasteiger partial charge in [0, 0.05) is 32.4 Å². The Kier molecular flexibility index (Phi) is 6.25. The van der Waals surface area contributed by atoms with E-state index in [9.17, 15) is 14.4 Å². The van der Waals surface area contributed by atoms with Gasteiger partial charge in [0.1, 0.15) is 12.2 Å². The van der Waals surface area contributed by atoms with Crippen LogP contribution in [-0.4, -0.2) is 83.6 Å². The van der Waals surface area contributed by atoms with E-state index in [0.717, 1.165) is 38.4 Å². The van der Waals surface area contributed by atoms with Gasteiger partial charge in [0.25, 0.3) is 11.5 Å². The molecule has 4 rings (SSSR count). The molecule has 2 saturated heterocycles. The molecule has 2 amide bonds. The summed E-state index contributed by atoms with van der Waals surface area (Å²) >= 11 is 0. The Morgan fingerprint density at radius 1 is 1.17 bits per heavy atom. The minimum atomic E-state index is -0.491. The second-order valence-corrected chi connectivity index (χ2v) is 8.42. The number of nitrogens with one attached hydrogen (secondary N) is 2. The predicted molar refractivity (Wildman–Crippen MR) is 105 cm³/mol. The van der Waals surface area contributed by atoms with Crippen molar-refractivity contribution in [3.05, 3.63) is 28.4 Å². The number of H-pyrrole nitrogens is 1. The number of hydrogen-bond donors (Lipinski definition) is 2. The molecule has 1 atom stereocenters. The first-order valence-corrected chi connectivity index (χ1v) is 10.5. The molecular weight excluding hydrogens is 374 g/mol. The van der Waals surface area contributed by atoms with E-state index in [1.54, 1.807) is 0 Å². The smallest absolute Gasteiger partial charge is 0.263 e. The Labute approximate surface area is 169 Å². The largest absolute Gasteiger partial charge is 0.365 e. The van der Waals surface area contributed by atoms with Crippen molar-refractivity contribution in [1.29, 1.82) is 0 Å². The molecule has 1 aromatic rings. The molecule has 0 spiro atoms. The van der Waals surface area contributed by atoms with Crippen molar-refractivity contribution in [1.82, 2.24) is 25.1 Å². The lowest BCUT2D eigenvalue weighted by molar-refractivity contribution is -0.149. The predicted octanol–water partition coefficient (Wildman–Crippen LogP) is -0.151. The van der Waals surface area contributed by atoms with E-state index in [0.29, 0.717) is 12.5 Å². The number of amides is 2. The average molecular weight is 403 g/mol. The molecule has 9 heteroatoms. The van der Waals surface area contributed by atoms with Gasteiger partial charge in [0.15, 0.2) is 0 Å². The highest BCUT2D eigenvalue weighted by molar-refractivity contribution is 5.93. The molecule has 29 heavy (non-hydrogen) atoms. The fraction of sp³-hybridized carbons (Fsp3) is 0.700. The van der Waals surface area contributed by atoms with Crippen LogP contribution < -0.4 is 10.9 Å². The summed E-state index contributed by atoms with van der Waals surface area (Å²) in [5.74, 6) is 0.966. The quantitative estimate of drug-likeness (QED) is 0.656. The van der Waals surface area contributed by atoms with Gasteiger partial charge in [0.05, 0.1) is 12.4 Å². The second kappa shape index (κ2) is 9.04. The third kappa shape index (κ3) is 5.42. The molecule has 0 radical (unpaired) electrons. The van der Waals surface area contributed by atoms with Crippen molar-refractivity contribution < 1.29 is 14.3 Å². The van der Waals surface area contributed by atoms with Crippen LogP contribution in [0.2, 0.25) is 0 Å². The summed E-state index contributed by atoms with van der Waals surface area (Å²) in [5, 5.41) is 2.71. The van der Waals surface area contributed by atoms with E-state index in [4.69, 9.17) is 4.74 Å². The number of likely N-dealkylation sites (tertiary alicyclic amines) is 1. The third-order valence-corrected chi connectivity index (χ3v) is 6.07. The van der Waals surface area contributed by atoms with Gasteiger partial charge >= 0.3 is 0 Å². The second-order valence-electron chi connectivity index (χ2n) is 8.42. The van der Waals surface area contributed by atoms with Crippen molar-refractivity contribution in [2.75, 3.05) is 45.9 Å². The van der Waals surface area contributed by atoms with Crippen LogP contribution in [-0.2, 0) is 9.53 Å². The van der Waals surface area contributed by atoms with E-state index >= 15 is 0 Å². The van der Waals surface area contributed by atoms with Crippen LogP contribution in [0.15, 0.2) is 17.3 Å². The highest BCUT2D eigenvalue weighted by Gasteiger charge is 2.31. The zero-order chi connectivity index (χ0) is 20.2. The molecule has 0 aromatic carbocycles. The Morgan fingerprint density at radius 3 is 2.66 bits per heavy atom. The average Bonchev–Trinajstić information content (AvgIpc) is 3.54. The number of piperidine rings is 1. The summed E-state index contributed by atoms with van der Waals surface area (Å²) in [4.78, 5) is 46.7. The number of carbonyl (C=O) groups excluding carboxylic acids is 2. The Balaban J connectivity index is 1.23. The summed E-state index contributed by atoms with van der Waals surface area (Å²) in [6, 6.07) is 0. The summed E-state index contributed by atoms with van der Waals surface area (Å²) in [6.07, 6.45) is 7.22. The molecule has 1 unspecified atom stereocenters. The molecule has 3 fully saturated rings. The minimum absolute atomic E-state index is 0.0108. The van der Waals surface area contributed by atoms with E-state index in [1.165, 1.54) is 31.9 Å². The van der Waals surface area contributed by atoms with Gasteiger partial charge in [-0.2, -0.15) is 0 Å². The van der Waals surface area contributed by atoms with Crippen molar-refractivity contribution in [3.8, 4) is 0 Å². The summed E-state index contributed by atoms with van der Waals surface area (Å²) in [5.41, 5.74) is -0.513. The molecule has 2 aliphatic heterocycles. The Bertz CT molecular complexity index is 785. The van der Waals surface area contributed by atoms with Crippen LogP contribution in [0.3, 0.4) is 0 Å². The van der Waals surface area contributed by atoms with E-state index in [1.807, 2.05) is 4.90 Å². The highest BCUT2D eigenvalue weighted by atomic mass is 16.5. The van der Waals surface area contributed by atoms with Gasteiger partial charge < -0.3 is 24.8 Å². The molecule has 1 saturated carbocycles. The monoisotopic (exact) mass is 403 g/mol. The lowest BCUT2D eigenvalue weighted by atomic mass is 9.95. The van der Waals surface area contributed by atoms with Crippen LogP contribution in [0.1, 0.15) is 36.0 Å². The first-order valence-electron chi connectivity index (χ1n) is 10.5. The first kappa shape index (κ1) is 20.0. The maximum absolute atomic E-state index is 12.3. The van der Waals surface area contributed by atoms with Crippen molar-refractivity contribution in [3.63, 3.8) is 0 Å². The number of aromatic nitrogens is 2. The van der Waals surface area contributed by atoms with Crippen LogP contribution in [0.5, 0.6) is 0 Å². The van der Waals surface area contributed by atoms with Crippen molar-refractivity contribution in [2.45, 2.75) is 31.8 Å². The van der Waals surface area contributed by atoms with Gasteiger partial charge in [-0.1, -0.05) is 0 Å². The molecular formula is C20H29N5O4.